The number of hydrogen-bond acceptors (Lipinski definition) is 4. The molecule has 4 rings (SSSR count). The van der Waals surface area contributed by atoms with Gasteiger partial charge in [-0.1, -0.05) is 36.4 Å². The van der Waals surface area contributed by atoms with Gasteiger partial charge >= 0.3 is 0 Å². The van der Waals surface area contributed by atoms with Crippen molar-refractivity contribution in [3.8, 4) is 0 Å². The van der Waals surface area contributed by atoms with E-state index in [0.29, 0.717) is 23.2 Å². The van der Waals surface area contributed by atoms with Crippen LogP contribution in [0.1, 0.15) is 23.6 Å². The van der Waals surface area contributed by atoms with Crippen LogP contribution in [0.3, 0.4) is 0 Å². The topological polar surface area (TPSA) is 104 Å². The van der Waals surface area contributed by atoms with E-state index in [1.165, 1.54) is 36.4 Å². The SMILES string of the molecule is O=C1CCc2cc(S(=O)(=O)N[C@@H](C(=O)Nc3cccc(F)c3)c3ccccc3)ccc2N1. The molecule has 1 aliphatic rings. The Balaban J connectivity index is 1.63. The first-order chi connectivity index (χ1) is 15.3. The standard InChI is InChI=1S/C23H20FN3O4S/c24-17-7-4-8-18(14-17)25-23(29)22(15-5-2-1-3-6-15)27-32(30,31)19-10-11-20-16(13-19)9-12-21(28)26-20/h1-8,10-11,13-14,22,27H,9,12H2,(H,25,29)(H,26,28)/t22-/m1/s1. The molecule has 0 fully saturated rings. The average molecular weight is 453 g/mol. The molecule has 0 aromatic heterocycles. The second kappa shape index (κ2) is 8.89. The van der Waals surface area contributed by atoms with E-state index < -0.39 is 27.8 Å². The Kier molecular flexibility index (Phi) is 6.02. The molecule has 0 bridgehead atoms. The molecule has 1 atom stereocenters. The van der Waals surface area contributed by atoms with E-state index in [1.54, 1.807) is 30.3 Å². The molecule has 0 spiro atoms. The quantitative estimate of drug-likeness (QED) is 0.532. The third-order valence-corrected chi connectivity index (χ3v) is 6.46. The summed E-state index contributed by atoms with van der Waals surface area (Å²) >= 11 is 0. The number of anilines is 2. The fraction of sp³-hybridized carbons (Fsp3) is 0.130. The molecule has 3 N–H and O–H groups in total. The first kappa shape index (κ1) is 21.7. The van der Waals surface area contributed by atoms with Crippen LogP contribution in [0.4, 0.5) is 15.8 Å². The Labute approximate surface area is 184 Å². The maximum absolute atomic E-state index is 13.5. The number of carbonyl (C=O) groups is 2. The normalized spacial score (nSPS) is 14.2. The van der Waals surface area contributed by atoms with Gasteiger partial charge in [0.15, 0.2) is 0 Å². The lowest BCUT2D eigenvalue weighted by atomic mass is 10.0. The summed E-state index contributed by atoms with van der Waals surface area (Å²) in [6.45, 7) is 0. The van der Waals surface area contributed by atoms with Crippen LogP contribution in [0.15, 0.2) is 77.7 Å². The highest BCUT2D eigenvalue weighted by molar-refractivity contribution is 7.89. The van der Waals surface area contributed by atoms with Crippen molar-refractivity contribution in [1.82, 2.24) is 4.72 Å². The molecule has 3 aromatic rings. The summed E-state index contributed by atoms with van der Waals surface area (Å²) in [4.78, 5) is 24.5. The zero-order chi connectivity index (χ0) is 22.7. The number of sulfonamides is 1. The van der Waals surface area contributed by atoms with Gasteiger partial charge in [0.05, 0.1) is 4.90 Å². The molecule has 0 unspecified atom stereocenters. The van der Waals surface area contributed by atoms with E-state index in [4.69, 9.17) is 0 Å². The van der Waals surface area contributed by atoms with Crippen molar-refractivity contribution in [3.63, 3.8) is 0 Å². The lowest BCUT2D eigenvalue weighted by Crippen LogP contribution is -2.37. The molecule has 1 heterocycles. The zero-order valence-electron chi connectivity index (χ0n) is 16.8. The van der Waals surface area contributed by atoms with Crippen LogP contribution >= 0.6 is 0 Å². The van der Waals surface area contributed by atoms with E-state index in [9.17, 15) is 22.4 Å². The number of amides is 2. The molecule has 0 aliphatic carbocycles. The minimum absolute atomic E-state index is 0.0214. The van der Waals surface area contributed by atoms with Crippen molar-refractivity contribution in [3.05, 3.63) is 89.7 Å². The van der Waals surface area contributed by atoms with E-state index in [0.717, 1.165) is 6.07 Å². The molecule has 2 amide bonds. The lowest BCUT2D eigenvalue weighted by Gasteiger charge is -2.21. The van der Waals surface area contributed by atoms with Crippen LogP contribution in [0.2, 0.25) is 0 Å². The van der Waals surface area contributed by atoms with E-state index in [2.05, 4.69) is 15.4 Å². The molecule has 3 aromatic carbocycles. The summed E-state index contributed by atoms with van der Waals surface area (Å²) < 4.78 is 42.2. The molecule has 0 saturated carbocycles. The summed E-state index contributed by atoms with van der Waals surface area (Å²) in [5.41, 5.74) is 1.91. The smallest absolute Gasteiger partial charge is 0.247 e. The summed E-state index contributed by atoms with van der Waals surface area (Å²) in [6.07, 6.45) is 0.694. The van der Waals surface area contributed by atoms with Gasteiger partial charge in [0.1, 0.15) is 11.9 Å². The highest BCUT2D eigenvalue weighted by atomic mass is 32.2. The molecule has 32 heavy (non-hydrogen) atoms. The van der Waals surface area contributed by atoms with Crippen LogP contribution in [-0.4, -0.2) is 20.2 Å². The van der Waals surface area contributed by atoms with Crippen LogP contribution in [0.5, 0.6) is 0 Å². The van der Waals surface area contributed by atoms with Crippen LogP contribution < -0.4 is 15.4 Å². The van der Waals surface area contributed by atoms with E-state index >= 15 is 0 Å². The predicted octanol–water partition coefficient (Wildman–Crippen LogP) is 3.37. The van der Waals surface area contributed by atoms with Gasteiger partial charge in [-0.05, 0) is 53.9 Å². The molecular formula is C23H20FN3O4S. The second-order valence-electron chi connectivity index (χ2n) is 7.33. The summed E-state index contributed by atoms with van der Waals surface area (Å²) in [6, 6.07) is 16.9. The van der Waals surface area contributed by atoms with Gasteiger partial charge in [-0.2, -0.15) is 4.72 Å². The van der Waals surface area contributed by atoms with Gasteiger partial charge in [0.2, 0.25) is 21.8 Å². The predicted molar refractivity (Wildman–Crippen MR) is 118 cm³/mol. The van der Waals surface area contributed by atoms with Crippen molar-refractivity contribution in [2.24, 2.45) is 0 Å². The van der Waals surface area contributed by atoms with Gasteiger partial charge in [-0.15, -0.1) is 0 Å². The fourth-order valence-corrected chi connectivity index (χ4v) is 4.68. The first-order valence-corrected chi connectivity index (χ1v) is 11.4. The lowest BCUT2D eigenvalue weighted by molar-refractivity contribution is -0.118. The van der Waals surface area contributed by atoms with Gasteiger partial charge in [0, 0.05) is 17.8 Å². The van der Waals surface area contributed by atoms with Gasteiger partial charge < -0.3 is 10.6 Å². The first-order valence-electron chi connectivity index (χ1n) is 9.88. The highest BCUT2D eigenvalue weighted by Gasteiger charge is 2.28. The monoisotopic (exact) mass is 453 g/mol. The van der Waals surface area contributed by atoms with Gasteiger partial charge in [-0.25, -0.2) is 12.8 Å². The second-order valence-corrected chi connectivity index (χ2v) is 9.05. The highest BCUT2D eigenvalue weighted by Crippen LogP contribution is 2.27. The molecule has 164 valence electrons. The van der Waals surface area contributed by atoms with Gasteiger partial charge in [-0.3, -0.25) is 9.59 Å². The number of nitrogens with one attached hydrogen (secondary N) is 3. The molecular weight excluding hydrogens is 433 g/mol. The summed E-state index contributed by atoms with van der Waals surface area (Å²) in [5, 5.41) is 5.26. The number of benzene rings is 3. The van der Waals surface area contributed by atoms with Crippen molar-refractivity contribution in [1.29, 1.82) is 0 Å². The molecule has 0 radical (unpaired) electrons. The van der Waals surface area contributed by atoms with Crippen molar-refractivity contribution in [2.75, 3.05) is 10.6 Å². The van der Waals surface area contributed by atoms with Crippen molar-refractivity contribution in [2.45, 2.75) is 23.8 Å². The maximum Gasteiger partial charge on any atom is 0.247 e. The van der Waals surface area contributed by atoms with E-state index in [1.807, 2.05) is 0 Å². The minimum atomic E-state index is -4.10. The molecule has 1 aliphatic heterocycles. The largest absolute Gasteiger partial charge is 0.326 e. The summed E-state index contributed by atoms with van der Waals surface area (Å²) in [7, 11) is -4.10. The molecule has 0 saturated heterocycles. The number of rotatable bonds is 6. The number of fused-ring (bicyclic) bond motifs is 1. The van der Waals surface area contributed by atoms with Crippen LogP contribution in [0, 0.1) is 5.82 Å². The summed E-state index contributed by atoms with van der Waals surface area (Å²) in [5.74, 6) is -1.30. The van der Waals surface area contributed by atoms with E-state index in [-0.39, 0.29) is 22.9 Å². The Morgan fingerprint density at radius 2 is 1.75 bits per heavy atom. The number of halogens is 1. The van der Waals surface area contributed by atoms with Crippen LogP contribution in [-0.2, 0) is 26.0 Å². The Morgan fingerprint density at radius 1 is 0.969 bits per heavy atom. The maximum atomic E-state index is 13.5. The third kappa shape index (κ3) is 4.84. The fourth-order valence-electron chi connectivity index (χ4n) is 3.45. The number of carbonyl (C=O) groups excluding carboxylic acids is 2. The number of hydrogen-bond donors (Lipinski definition) is 3. The average Bonchev–Trinajstić information content (AvgIpc) is 2.77. The molecule has 7 nitrogen and oxygen atoms in total. The van der Waals surface area contributed by atoms with Crippen LogP contribution in [0.25, 0.3) is 0 Å². The minimum Gasteiger partial charge on any atom is -0.326 e. The zero-order valence-corrected chi connectivity index (χ0v) is 17.7. The number of aryl methyl sites for hydroxylation is 1. The van der Waals surface area contributed by atoms with Crippen molar-refractivity contribution >= 4 is 33.2 Å². The third-order valence-electron chi connectivity index (χ3n) is 5.04. The molecule has 9 heteroatoms. The Morgan fingerprint density at radius 3 is 2.50 bits per heavy atom. The Hall–Kier alpha value is -3.56. The van der Waals surface area contributed by atoms with Crippen molar-refractivity contribution < 1.29 is 22.4 Å². The van der Waals surface area contributed by atoms with Gasteiger partial charge in [0.25, 0.3) is 0 Å². The Bertz CT molecular complexity index is 1280.